The van der Waals surface area contributed by atoms with E-state index in [-0.39, 0.29) is 11.8 Å². The van der Waals surface area contributed by atoms with E-state index in [0.717, 1.165) is 34.1 Å². The van der Waals surface area contributed by atoms with Crippen molar-refractivity contribution in [1.29, 1.82) is 0 Å². The molecule has 0 aliphatic carbocycles. The number of amides is 1. The lowest BCUT2D eigenvalue weighted by Crippen LogP contribution is -2.42. The van der Waals surface area contributed by atoms with Crippen LogP contribution in [0.4, 0.5) is 5.69 Å². The van der Waals surface area contributed by atoms with Crippen molar-refractivity contribution in [1.82, 2.24) is 9.99 Å². The van der Waals surface area contributed by atoms with Gasteiger partial charge in [0.25, 0.3) is 0 Å². The topological polar surface area (TPSA) is 57.6 Å². The van der Waals surface area contributed by atoms with Crippen molar-refractivity contribution < 1.29 is 4.79 Å². The number of likely N-dealkylation sites (N-methyl/N-ethyl adjacent to an activating group) is 1. The van der Waals surface area contributed by atoms with Crippen molar-refractivity contribution in [3.63, 3.8) is 0 Å². The fourth-order valence-electron chi connectivity index (χ4n) is 4.05. The maximum atomic E-state index is 13.5. The van der Waals surface area contributed by atoms with Gasteiger partial charge in [-0.15, -0.1) is 11.3 Å². The molecule has 1 amide bonds. The summed E-state index contributed by atoms with van der Waals surface area (Å²) in [5, 5.41) is 12.5. The molecule has 2 unspecified atom stereocenters. The van der Waals surface area contributed by atoms with Crippen molar-refractivity contribution in [3.05, 3.63) is 70.0 Å². The summed E-state index contributed by atoms with van der Waals surface area (Å²) in [4.78, 5) is 18.0. The molecule has 1 aliphatic heterocycles. The number of thiazole rings is 1. The molecule has 0 saturated heterocycles. The van der Waals surface area contributed by atoms with E-state index in [2.05, 4.69) is 58.9 Å². The van der Waals surface area contributed by atoms with Gasteiger partial charge in [0.2, 0.25) is 5.91 Å². The third-order valence-corrected chi connectivity index (χ3v) is 7.30. The first-order valence-electron chi connectivity index (χ1n) is 11.0. The molecule has 1 aromatic heterocycles. The second-order valence-electron chi connectivity index (χ2n) is 8.97. The van der Waals surface area contributed by atoms with Crippen LogP contribution in [0.1, 0.15) is 42.8 Å². The third-order valence-electron chi connectivity index (χ3n) is 6.53. The molecule has 0 radical (unpaired) electrons. The summed E-state index contributed by atoms with van der Waals surface area (Å²) < 4.78 is 0. The van der Waals surface area contributed by atoms with Crippen molar-refractivity contribution in [2.24, 2.45) is 11.0 Å². The van der Waals surface area contributed by atoms with Crippen LogP contribution < -0.4 is 5.32 Å². The molecule has 0 fully saturated rings. The first-order chi connectivity index (χ1) is 15.3. The molecular weight excluding hydrogens is 416 g/mol. The maximum Gasteiger partial charge on any atom is 0.235 e. The summed E-state index contributed by atoms with van der Waals surface area (Å²) in [6.07, 6.45) is 1.99. The predicted octanol–water partition coefficient (Wildman–Crippen LogP) is 5.69. The Morgan fingerprint density at radius 2 is 1.84 bits per heavy atom. The van der Waals surface area contributed by atoms with Crippen LogP contribution in [0.3, 0.4) is 0 Å². The van der Waals surface area contributed by atoms with Crippen LogP contribution in [0.15, 0.2) is 59.0 Å². The Bertz CT molecular complexity index is 1120. The molecule has 0 spiro atoms. The molecular formula is C26H30N4OS. The molecule has 0 saturated carbocycles. The van der Waals surface area contributed by atoms with E-state index < -0.39 is 5.41 Å². The summed E-state index contributed by atoms with van der Waals surface area (Å²) >= 11 is 1.64. The van der Waals surface area contributed by atoms with E-state index in [0.29, 0.717) is 5.92 Å². The Morgan fingerprint density at radius 1 is 1.16 bits per heavy atom. The van der Waals surface area contributed by atoms with Gasteiger partial charge in [-0.3, -0.25) is 9.80 Å². The number of carbonyl (C=O) groups is 1. The number of nitrogens with zero attached hydrogens (tertiary/aromatic N) is 3. The largest absolute Gasteiger partial charge is 0.325 e. The highest BCUT2D eigenvalue weighted by atomic mass is 32.1. The summed E-state index contributed by atoms with van der Waals surface area (Å²) in [5.74, 6) is 0.428. The number of hydrogen-bond donors (Lipinski definition) is 1. The van der Waals surface area contributed by atoms with Gasteiger partial charge in [0, 0.05) is 42.4 Å². The van der Waals surface area contributed by atoms with Gasteiger partial charge in [-0.05, 0) is 43.0 Å². The zero-order valence-corrected chi connectivity index (χ0v) is 20.1. The normalized spacial score (nSPS) is 17.6. The van der Waals surface area contributed by atoms with E-state index in [9.17, 15) is 4.79 Å². The second kappa shape index (κ2) is 8.87. The zero-order chi connectivity index (χ0) is 22.9. The molecule has 32 heavy (non-hydrogen) atoms. The van der Waals surface area contributed by atoms with Crippen molar-refractivity contribution >= 4 is 29.1 Å². The van der Waals surface area contributed by atoms with Crippen LogP contribution in [-0.4, -0.2) is 35.7 Å². The molecule has 5 nitrogen and oxygen atoms in total. The minimum Gasteiger partial charge on any atom is -0.325 e. The molecule has 0 bridgehead atoms. The molecule has 2 aromatic carbocycles. The van der Waals surface area contributed by atoms with Gasteiger partial charge in [0.05, 0.1) is 16.1 Å². The SMILES string of the molecule is Cc1nc(-c2ccc(NC(=O)C(C)(c3ccc(C4C=NN(C)C4)cc3)C(C)C)cc2)cs1. The number of nitrogens with one attached hydrogen (secondary N) is 1. The van der Waals surface area contributed by atoms with E-state index in [1.54, 1.807) is 11.3 Å². The average molecular weight is 447 g/mol. The Balaban J connectivity index is 1.52. The molecule has 2 atom stereocenters. The Morgan fingerprint density at radius 3 is 2.38 bits per heavy atom. The summed E-state index contributed by atoms with van der Waals surface area (Å²) in [5.41, 5.74) is 4.41. The number of carbonyl (C=O) groups excluding carboxylic acids is 1. The Labute approximate surface area is 194 Å². The second-order valence-corrected chi connectivity index (χ2v) is 10.0. The fourth-order valence-corrected chi connectivity index (χ4v) is 4.67. The lowest BCUT2D eigenvalue weighted by molar-refractivity contribution is -0.122. The summed E-state index contributed by atoms with van der Waals surface area (Å²) in [6.45, 7) is 9.11. The molecule has 1 N–H and O–H groups in total. The van der Waals surface area contributed by atoms with Crippen molar-refractivity contribution in [3.8, 4) is 11.3 Å². The minimum atomic E-state index is -0.649. The molecule has 1 aliphatic rings. The molecule has 2 heterocycles. The number of aromatic nitrogens is 1. The number of aryl methyl sites for hydroxylation is 1. The number of hydrazone groups is 1. The van der Waals surface area contributed by atoms with Gasteiger partial charge < -0.3 is 5.32 Å². The van der Waals surface area contributed by atoms with Crippen molar-refractivity contribution in [2.45, 2.75) is 39.0 Å². The number of rotatable bonds is 6. The first kappa shape index (κ1) is 22.2. The Kier molecular flexibility index (Phi) is 6.15. The number of hydrogen-bond acceptors (Lipinski definition) is 5. The fraction of sp³-hybridized carbons (Fsp3) is 0.346. The number of anilines is 1. The first-order valence-corrected chi connectivity index (χ1v) is 11.8. The number of benzene rings is 2. The van der Waals surface area contributed by atoms with Gasteiger partial charge in [0.15, 0.2) is 0 Å². The summed E-state index contributed by atoms with van der Waals surface area (Å²) in [7, 11) is 1.98. The van der Waals surface area contributed by atoms with Crippen LogP contribution >= 0.6 is 11.3 Å². The van der Waals surface area contributed by atoms with Crippen LogP contribution in [0.25, 0.3) is 11.3 Å². The van der Waals surface area contributed by atoms with Gasteiger partial charge in [0.1, 0.15) is 0 Å². The predicted molar refractivity (Wildman–Crippen MR) is 133 cm³/mol. The van der Waals surface area contributed by atoms with Gasteiger partial charge >= 0.3 is 0 Å². The van der Waals surface area contributed by atoms with Crippen LogP contribution in [0, 0.1) is 12.8 Å². The third kappa shape index (κ3) is 4.32. The molecule has 6 heteroatoms. The van der Waals surface area contributed by atoms with Crippen molar-refractivity contribution in [2.75, 3.05) is 18.9 Å². The van der Waals surface area contributed by atoms with Crippen LogP contribution in [0.2, 0.25) is 0 Å². The summed E-state index contributed by atoms with van der Waals surface area (Å²) in [6, 6.07) is 16.3. The highest BCUT2D eigenvalue weighted by Crippen LogP contribution is 2.35. The van der Waals surface area contributed by atoms with E-state index >= 15 is 0 Å². The van der Waals surface area contributed by atoms with E-state index in [1.807, 2.05) is 56.4 Å². The van der Waals surface area contributed by atoms with Crippen LogP contribution in [0.5, 0.6) is 0 Å². The van der Waals surface area contributed by atoms with E-state index in [1.165, 1.54) is 5.56 Å². The standard InChI is InChI=1S/C26H30N4OS/c1-17(2)26(4,22-10-6-19(7-11-22)21-14-27-30(5)15-21)25(31)29-23-12-8-20(9-13-23)24-16-32-18(3)28-24/h6-14,16-17,21H,15H2,1-5H3,(H,29,31). The van der Waals surface area contributed by atoms with Gasteiger partial charge in [-0.1, -0.05) is 50.2 Å². The lowest BCUT2D eigenvalue weighted by atomic mass is 9.72. The van der Waals surface area contributed by atoms with E-state index in [4.69, 9.17) is 0 Å². The average Bonchev–Trinajstić information content (AvgIpc) is 3.42. The highest BCUT2D eigenvalue weighted by Gasteiger charge is 2.38. The Hall–Kier alpha value is -2.99. The zero-order valence-electron chi connectivity index (χ0n) is 19.3. The monoisotopic (exact) mass is 446 g/mol. The smallest absolute Gasteiger partial charge is 0.235 e. The molecule has 3 aromatic rings. The maximum absolute atomic E-state index is 13.5. The minimum absolute atomic E-state index is 0.000310. The lowest BCUT2D eigenvalue weighted by Gasteiger charge is -2.33. The molecule has 4 rings (SSSR count). The van der Waals surface area contributed by atoms with Gasteiger partial charge in [-0.2, -0.15) is 5.10 Å². The molecule has 166 valence electrons. The highest BCUT2D eigenvalue weighted by molar-refractivity contribution is 7.09. The van der Waals surface area contributed by atoms with Crippen LogP contribution in [-0.2, 0) is 10.2 Å². The van der Waals surface area contributed by atoms with Gasteiger partial charge in [-0.25, -0.2) is 4.98 Å². The quantitative estimate of drug-likeness (QED) is 0.529.